The molecule has 2 N–H and O–H groups in total. The topological polar surface area (TPSA) is 41.1 Å². The summed E-state index contributed by atoms with van der Waals surface area (Å²) in [5.74, 6) is 0.0818. The lowest BCUT2D eigenvalue weighted by atomic mass is 10.1. The average molecular weight is 267 g/mol. The molecule has 18 heavy (non-hydrogen) atoms. The van der Waals surface area contributed by atoms with Crippen LogP contribution in [0.3, 0.4) is 0 Å². The van der Waals surface area contributed by atoms with E-state index in [1.165, 1.54) is 0 Å². The second-order valence-corrected chi connectivity index (χ2v) is 5.38. The molecular formula is C14H19ClN2O. The van der Waals surface area contributed by atoms with Gasteiger partial charge in [-0.05, 0) is 44.4 Å². The van der Waals surface area contributed by atoms with Crippen LogP contribution in [0, 0.1) is 0 Å². The predicted octanol–water partition coefficient (Wildman–Crippen LogP) is 2.66. The molecule has 1 aromatic carbocycles. The van der Waals surface area contributed by atoms with Crippen LogP contribution in [0.25, 0.3) is 0 Å². The van der Waals surface area contributed by atoms with Gasteiger partial charge in [-0.25, -0.2) is 0 Å². The van der Waals surface area contributed by atoms with Gasteiger partial charge in [0, 0.05) is 17.1 Å². The zero-order chi connectivity index (χ0) is 13.1. The molecule has 1 aliphatic carbocycles. The highest BCUT2D eigenvalue weighted by atomic mass is 35.5. The standard InChI is InChI=1S/C14H19ClN2O/c1-9(11-3-5-12(15)6-4-11)16-10(2)14(18)17-13-7-8-13/h3-6,9-10,13,16H,7-8H2,1-2H3,(H,17,18)/t9-,10?/m1/s1. The Balaban J connectivity index is 1.87. The molecule has 0 saturated heterocycles. The number of nitrogens with one attached hydrogen (secondary N) is 2. The number of carbonyl (C=O) groups excluding carboxylic acids is 1. The van der Waals surface area contributed by atoms with E-state index in [1.54, 1.807) is 0 Å². The van der Waals surface area contributed by atoms with Gasteiger partial charge in [-0.3, -0.25) is 10.1 Å². The van der Waals surface area contributed by atoms with Crippen LogP contribution >= 0.6 is 11.6 Å². The van der Waals surface area contributed by atoms with Gasteiger partial charge in [0.25, 0.3) is 0 Å². The zero-order valence-corrected chi connectivity index (χ0v) is 11.5. The van der Waals surface area contributed by atoms with Gasteiger partial charge in [0.15, 0.2) is 0 Å². The molecule has 0 aromatic heterocycles. The Morgan fingerprint density at radius 1 is 1.28 bits per heavy atom. The first-order valence-corrected chi connectivity index (χ1v) is 6.76. The first kappa shape index (κ1) is 13.4. The summed E-state index contributed by atoms with van der Waals surface area (Å²) in [7, 11) is 0. The molecule has 1 aromatic rings. The fraction of sp³-hybridized carbons (Fsp3) is 0.500. The van der Waals surface area contributed by atoms with E-state index in [-0.39, 0.29) is 18.0 Å². The van der Waals surface area contributed by atoms with Crippen LogP contribution in [0.2, 0.25) is 5.02 Å². The Hall–Kier alpha value is -1.06. The highest BCUT2D eigenvalue weighted by Crippen LogP contribution is 2.19. The first-order chi connectivity index (χ1) is 8.56. The summed E-state index contributed by atoms with van der Waals surface area (Å²) in [4.78, 5) is 11.8. The number of hydrogen-bond acceptors (Lipinski definition) is 2. The Bertz CT molecular complexity index is 414. The van der Waals surface area contributed by atoms with E-state index < -0.39 is 0 Å². The van der Waals surface area contributed by atoms with Crippen molar-refractivity contribution in [2.24, 2.45) is 0 Å². The normalized spacial score (nSPS) is 18.2. The number of rotatable bonds is 5. The van der Waals surface area contributed by atoms with Crippen LogP contribution in [0.1, 0.15) is 38.3 Å². The lowest BCUT2D eigenvalue weighted by molar-refractivity contribution is -0.123. The predicted molar refractivity (Wildman–Crippen MR) is 73.6 cm³/mol. The summed E-state index contributed by atoms with van der Waals surface area (Å²) < 4.78 is 0. The molecule has 1 saturated carbocycles. The minimum Gasteiger partial charge on any atom is -0.352 e. The first-order valence-electron chi connectivity index (χ1n) is 6.38. The molecule has 0 bridgehead atoms. The molecule has 4 heteroatoms. The summed E-state index contributed by atoms with van der Waals surface area (Å²) >= 11 is 5.85. The minimum absolute atomic E-state index is 0.0818. The fourth-order valence-corrected chi connectivity index (χ4v) is 1.98. The summed E-state index contributed by atoms with van der Waals surface area (Å²) in [6.07, 6.45) is 2.23. The van der Waals surface area contributed by atoms with Gasteiger partial charge in [-0.15, -0.1) is 0 Å². The minimum atomic E-state index is -0.184. The number of benzene rings is 1. The van der Waals surface area contributed by atoms with E-state index in [2.05, 4.69) is 10.6 Å². The van der Waals surface area contributed by atoms with Crippen LogP contribution < -0.4 is 10.6 Å². The third-order valence-electron chi connectivity index (χ3n) is 3.19. The number of carbonyl (C=O) groups is 1. The van der Waals surface area contributed by atoms with Crippen LogP contribution in [-0.4, -0.2) is 18.0 Å². The van der Waals surface area contributed by atoms with Gasteiger partial charge >= 0.3 is 0 Å². The maximum Gasteiger partial charge on any atom is 0.237 e. The van der Waals surface area contributed by atoms with Crippen LogP contribution in [0.4, 0.5) is 0 Å². The summed E-state index contributed by atoms with van der Waals surface area (Å²) in [5.41, 5.74) is 1.13. The second kappa shape index (κ2) is 5.72. The lowest BCUT2D eigenvalue weighted by Gasteiger charge is -2.20. The van der Waals surface area contributed by atoms with E-state index in [1.807, 2.05) is 38.1 Å². The Morgan fingerprint density at radius 2 is 1.89 bits per heavy atom. The third-order valence-corrected chi connectivity index (χ3v) is 3.44. The highest BCUT2D eigenvalue weighted by Gasteiger charge is 2.26. The Morgan fingerprint density at radius 3 is 2.44 bits per heavy atom. The third kappa shape index (κ3) is 3.72. The molecule has 2 rings (SSSR count). The van der Waals surface area contributed by atoms with Crippen molar-refractivity contribution in [3.8, 4) is 0 Å². The maximum atomic E-state index is 11.8. The van der Waals surface area contributed by atoms with E-state index in [0.717, 1.165) is 23.4 Å². The van der Waals surface area contributed by atoms with E-state index in [0.29, 0.717) is 6.04 Å². The molecule has 0 radical (unpaired) electrons. The SMILES string of the molecule is CC(N[C@H](C)c1ccc(Cl)cc1)C(=O)NC1CC1. The molecule has 1 unspecified atom stereocenters. The van der Waals surface area contributed by atoms with Crippen LogP contribution in [0.5, 0.6) is 0 Å². The fourth-order valence-electron chi connectivity index (χ4n) is 1.85. The molecule has 0 spiro atoms. The van der Waals surface area contributed by atoms with Crippen molar-refractivity contribution < 1.29 is 4.79 Å². The molecule has 0 aliphatic heterocycles. The highest BCUT2D eigenvalue weighted by molar-refractivity contribution is 6.30. The van der Waals surface area contributed by atoms with E-state index in [4.69, 9.17) is 11.6 Å². The van der Waals surface area contributed by atoms with Gasteiger partial charge in [0.2, 0.25) is 5.91 Å². The van der Waals surface area contributed by atoms with Crippen molar-refractivity contribution in [3.63, 3.8) is 0 Å². The monoisotopic (exact) mass is 266 g/mol. The van der Waals surface area contributed by atoms with Crippen molar-refractivity contribution in [2.45, 2.75) is 44.8 Å². The van der Waals surface area contributed by atoms with E-state index >= 15 is 0 Å². The quantitative estimate of drug-likeness (QED) is 0.860. The molecule has 0 heterocycles. The number of hydrogen-bond donors (Lipinski definition) is 2. The molecular weight excluding hydrogens is 248 g/mol. The Kier molecular flexibility index (Phi) is 4.25. The summed E-state index contributed by atoms with van der Waals surface area (Å²) in [5, 5.41) is 7.02. The Labute approximate surface area is 113 Å². The van der Waals surface area contributed by atoms with Crippen LogP contribution in [0.15, 0.2) is 24.3 Å². The molecule has 3 nitrogen and oxygen atoms in total. The van der Waals surface area contributed by atoms with Gasteiger partial charge in [0.05, 0.1) is 6.04 Å². The summed E-state index contributed by atoms with van der Waals surface area (Å²) in [6, 6.07) is 8.04. The average Bonchev–Trinajstić information content (AvgIpc) is 3.13. The smallest absolute Gasteiger partial charge is 0.237 e. The van der Waals surface area contributed by atoms with Crippen molar-refractivity contribution in [2.75, 3.05) is 0 Å². The second-order valence-electron chi connectivity index (χ2n) is 4.94. The van der Waals surface area contributed by atoms with Crippen molar-refractivity contribution in [1.29, 1.82) is 0 Å². The molecule has 1 amide bonds. The zero-order valence-electron chi connectivity index (χ0n) is 10.7. The van der Waals surface area contributed by atoms with Crippen molar-refractivity contribution in [3.05, 3.63) is 34.9 Å². The van der Waals surface area contributed by atoms with Gasteiger partial charge in [-0.2, -0.15) is 0 Å². The molecule has 1 fully saturated rings. The molecule has 2 atom stereocenters. The van der Waals surface area contributed by atoms with Gasteiger partial charge in [-0.1, -0.05) is 23.7 Å². The van der Waals surface area contributed by atoms with Crippen LogP contribution in [-0.2, 0) is 4.79 Å². The van der Waals surface area contributed by atoms with Crippen molar-refractivity contribution in [1.82, 2.24) is 10.6 Å². The van der Waals surface area contributed by atoms with Gasteiger partial charge < -0.3 is 5.32 Å². The number of amides is 1. The van der Waals surface area contributed by atoms with E-state index in [9.17, 15) is 4.79 Å². The van der Waals surface area contributed by atoms with Gasteiger partial charge in [0.1, 0.15) is 0 Å². The summed E-state index contributed by atoms with van der Waals surface area (Å²) in [6.45, 7) is 3.94. The number of halogens is 1. The van der Waals surface area contributed by atoms with Crippen molar-refractivity contribution >= 4 is 17.5 Å². The molecule has 98 valence electrons. The lowest BCUT2D eigenvalue weighted by Crippen LogP contribution is -2.43. The largest absolute Gasteiger partial charge is 0.352 e. The maximum absolute atomic E-state index is 11.8. The molecule has 1 aliphatic rings.